The molecule has 2 aliphatic heterocycles. The zero-order valence-electron chi connectivity index (χ0n) is 15.1. The van der Waals surface area contributed by atoms with Gasteiger partial charge in [-0.25, -0.2) is 5.26 Å². The second-order valence-corrected chi connectivity index (χ2v) is 8.70. The van der Waals surface area contributed by atoms with E-state index in [-0.39, 0.29) is 28.7 Å². The van der Waals surface area contributed by atoms with E-state index in [2.05, 4.69) is 31.0 Å². The Balaban J connectivity index is 1.22. The second kappa shape index (κ2) is 6.75. The number of nitriles is 1. The number of rotatable bonds is 3. The Hall–Kier alpha value is -2.11. The Morgan fingerprint density at radius 2 is 2.11 bits per heavy atom. The molecule has 4 heterocycles. The summed E-state index contributed by atoms with van der Waals surface area (Å²) in [7, 11) is 0. The van der Waals surface area contributed by atoms with Crippen LogP contribution in [-0.4, -0.2) is 46.1 Å². The number of halogens is 2. The minimum atomic E-state index is 0.0602. The van der Waals surface area contributed by atoms with Crippen molar-refractivity contribution >= 4 is 35.7 Å². The van der Waals surface area contributed by atoms with Gasteiger partial charge in [-0.2, -0.15) is 4.98 Å². The Bertz CT molecular complexity index is 969. The Morgan fingerprint density at radius 3 is 2.89 bits per heavy atom. The first-order chi connectivity index (χ1) is 13.5. The fraction of sp³-hybridized carbons (Fsp3) is 0.500. The quantitative estimate of drug-likeness (QED) is 0.713. The molecule has 2 aromatic rings. The number of pyridine rings is 1. The minimum Gasteiger partial charge on any atom is -0.490 e. The molecule has 0 amide bonds. The maximum Gasteiger partial charge on any atom is 0.272 e. The molecule has 3 aliphatic rings. The molecule has 0 radical (unpaired) electrons. The molecule has 0 bridgehead atoms. The lowest BCUT2D eigenvalue weighted by molar-refractivity contribution is -0.0347. The summed E-state index contributed by atoms with van der Waals surface area (Å²) in [5, 5.41) is 17.1. The van der Waals surface area contributed by atoms with Crippen LogP contribution in [0.5, 0.6) is 5.75 Å². The van der Waals surface area contributed by atoms with Gasteiger partial charge in [0.2, 0.25) is 5.28 Å². The van der Waals surface area contributed by atoms with E-state index in [4.69, 9.17) is 27.9 Å². The number of hydrogen-bond donors (Lipinski definition) is 0. The van der Waals surface area contributed by atoms with Crippen molar-refractivity contribution in [2.75, 3.05) is 18.0 Å². The average molecular weight is 415 g/mol. The molecule has 2 aromatic heterocycles. The smallest absolute Gasteiger partial charge is 0.272 e. The van der Waals surface area contributed by atoms with Crippen molar-refractivity contribution in [3.05, 3.63) is 34.0 Å². The molecule has 142 valence electrons. The van der Waals surface area contributed by atoms with E-state index < -0.39 is 0 Å². The lowest BCUT2D eigenvalue weighted by Gasteiger charge is -2.58. The van der Waals surface area contributed by atoms with Gasteiger partial charge in [0.05, 0.1) is 0 Å². The van der Waals surface area contributed by atoms with Crippen LogP contribution >= 0.6 is 23.2 Å². The van der Waals surface area contributed by atoms with Gasteiger partial charge in [0.1, 0.15) is 11.9 Å². The Kier molecular flexibility index (Phi) is 4.33. The molecule has 0 atom stereocenters. The maximum absolute atomic E-state index is 9.26. The summed E-state index contributed by atoms with van der Waals surface area (Å²) in [5.74, 6) is 3.89. The monoisotopic (exact) mass is 414 g/mol. The van der Waals surface area contributed by atoms with E-state index in [1.165, 1.54) is 0 Å². The lowest BCUT2D eigenvalue weighted by atomic mass is 9.42. The predicted octanol–water partition coefficient (Wildman–Crippen LogP) is 2.82. The first kappa shape index (κ1) is 18.0. The zero-order chi connectivity index (χ0) is 19.3. The van der Waals surface area contributed by atoms with E-state index in [9.17, 15) is 5.26 Å². The summed E-state index contributed by atoms with van der Waals surface area (Å²) in [5.41, 5.74) is 2.44. The molecule has 0 unspecified atom stereocenters. The number of hydrogen-bond acceptors (Lipinski definition) is 7. The second-order valence-electron chi connectivity index (χ2n) is 8.00. The van der Waals surface area contributed by atoms with Crippen LogP contribution in [0.2, 0.25) is 16.8 Å². The molecule has 0 aromatic carbocycles. The fourth-order valence-electron chi connectivity index (χ4n) is 4.66. The highest BCUT2D eigenvalue weighted by Gasteiger charge is 2.54. The van der Waals surface area contributed by atoms with Gasteiger partial charge < -0.3 is 9.64 Å². The number of anilines is 1. The number of ether oxygens (including phenoxy) is 1. The van der Waals surface area contributed by atoms with Crippen LogP contribution < -0.4 is 9.64 Å². The van der Waals surface area contributed by atoms with Crippen LogP contribution in [0.1, 0.15) is 24.1 Å². The van der Waals surface area contributed by atoms with E-state index in [0.29, 0.717) is 5.82 Å². The summed E-state index contributed by atoms with van der Waals surface area (Å²) in [6, 6.07) is 1.94. The predicted molar refractivity (Wildman–Crippen MR) is 106 cm³/mol. The van der Waals surface area contributed by atoms with Crippen molar-refractivity contribution in [3.63, 3.8) is 0 Å². The van der Waals surface area contributed by atoms with Crippen molar-refractivity contribution in [1.82, 2.24) is 20.2 Å². The molecule has 10 heteroatoms. The first-order valence-electron chi connectivity index (χ1n) is 9.39. The van der Waals surface area contributed by atoms with Crippen molar-refractivity contribution in [1.29, 1.82) is 5.26 Å². The highest BCUT2D eigenvalue weighted by atomic mass is 35.5. The highest BCUT2D eigenvalue weighted by Crippen LogP contribution is 2.51. The van der Waals surface area contributed by atoms with Crippen LogP contribution in [0.3, 0.4) is 0 Å². The van der Waals surface area contributed by atoms with Crippen LogP contribution in [0.25, 0.3) is 0 Å². The van der Waals surface area contributed by atoms with Crippen LogP contribution in [0.15, 0.2) is 12.3 Å². The van der Waals surface area contributed by atoms with Gasteiger partial charge in [-0.1, -0.05) is 17.9 Å². The lowest BCUT2D eigenvalue weighted by Crippen LogP contribution is -2.65. The van der Waals surface area contributed by atoms with Gasteiger partial charge in [-0.05, 0) is 43.2 Å². The normalized spacial score (nSPS) is 20.2. The van der Waals surface area contributed by atoms with Crippen LogP contribution in [0, 0.1) is 16.6 Å². The third-order valence-corrected chi connectivity index (χ3v) is 6.44. The summed E-state index contributed by atoms with van der Waals surface area (Å²) >= 11 is 11.9. The standard InChI is InChI=1S/C18H17BCl2N6O/c20-15-16(24-17(21)26-25-15)27-8-18(9-27)5-11(6-18)28-14-2-4-23-13-1-3-19(10-22)7-12(13)14/h2,4,11H,1,3,5-9H2. The van der Waals surface area contributed by atoms with Crippen LogP contribution in [0.4, 0.5) is 5.82 Å². The first-order valence-corrected chi connectivity index (χ1v) is 10.1. The molecule has 0 N–H and O–H groups in total. The molecule has 1 saturated carbocycles. The van der Waals surface area contributed by atoms with E-state index in [1.54, 1.807) is 0 Å². The molecule has 1 spiro atoms. The van der Waals surface area contributed by atoms with Crippen molar-refractivity contribution in [3.8, 4) is 11.7 Å². The minimum absolute atomic E-state index is 0.0602. The van der Waals surface area contributed by atoms with Crippen molar-refractivity contribution in [2.24, 2.45) is 5.41 Å². The average Bonchev–Trinajstić information content (AvgIpc) is 2.64. The largest absolute Gasteiger partial charge is 0.490 e. The molecule has 7 nitrogen and oxygen atoms in total. The number of aromatic nitrogens is 4. The Morgan fingerprint density at radius 1 is 1.29 bits per heavy atom. The van der Waals surface area contributed by atoms with Gasteiger partial charge in [0, 0.05) is 41.9 Å². The van der Waals surface area contributed by atoms with Gasteiger partial charge in [0.25, 0.3) is 6.71 Å². The molecule has 1 aliphatic carbocycles. The van der Waals surface area contributed by atoms with E-state index in [1.807, 2.05) is 12.3 Å². The van der Waals surface area contributed by atoms with Gasteiger partial charge in [-0.3, -0.25) is 4.98 Å². The number of aryl methyl sites for hydroxylation is 1. The van der Waals surface area contributed by atoms with Crippen molar-refractivity contribution in [2.45, 2.75) is 38.0 Å². The molecular formula is C18H17BCl2N6O. The summed E-state index contributed by atoms with van der Waals surface area (Å²) in [6.07, 6.45) is 6.46. The highest BCUT2D eigenvalue weighted by molar-refractivity contribution is 6.66. The van der Waals surface area contributed by atoms with E-state index >= 15 is 0 Å². The molecule has 28 heavy (non-hydrogen) atoms. The summed E-state index contributed by atoms with van der Waals surface area (Å²) in [6.45, 7) is 1.80. The topological polar surface area (TPSA) is 87.8 Å². The van der Waals surface area contributed by atoms with Crippen LogP contribution in [-0.2, 0) is 12.7 Å². The third-order valence-electron chi connectivity index (χ3n) is 6.03. The van der Waals surface area contributed by atoms with Gasteiger partial charge in [0.15, 0.2) is 11.0 Å². The molecular weight excluding hydrogens is 398 g/mol. The van der Waals surface area contributed by atoms with Gasteiger partial charge in [-0.15, -0.1) is 10.2 Å². The summed E-state index contributed by atoms with van der Waals surface area (Å²) in [4.78, 5) is 10.8. The van der Waals surface area contributed by atoms with E-state index in [0.717, 1.165) is 62.0 Å². The molecule has 2 fully saturated rings. The third kappa shape index (κ3) is 3.07. The molecule has 5 rings (SSSR count). The Labute approximate surface area is 173 Å². The van der Waals surface area contributed by atoms with Gasteiger partial charge >= 0.3 is 0 Å². The fourth-order valence-corrected chi connectivity index (χ4v) is 4.97. The molecule has 1 saturated heterocycles. The van der Waals surface area contributed by atoms with Crippen molar-refractivity contribution < 1.29 is 4.74 Å². The maximum atomic E-state index is 9.26. The number of nitrogens with zero attached hydrogens (tertiary/aromatic N) is 6. The zero-order valence-corrected chi connectivity index (χ0v) is 16.6. The summed E-state index contributed by atoms with van der Waals surface area (Å²) < 4.78 is 6.30. The number of fused-ring (bicyclic) bond motifs is 1. The SMILES string of the molecule is N#CB1CCc2nccc(OC3CC4(C3)CN(c3nc(Cl)nnc3Cl)C4)c2C1.